The summed E-state index contributed by atoms with van der Waals surface area (Å²) in [7, 11) is 0. The fourth-order valence-corrected chi connectivity index (χ4v) is 4.67. The van der Waals surface area contributed by atoms with Gasteiger partial charge in [-0.1, -0.05) is 36.0 Å². The van der Waals surface area contributed by atoms with Crippen molar-refractivity contribution < 1.29 is 18.8 Å². The Morgan fingerprint density at radius 3 is 2.68 bits per heavy atom. The quantitative estimate of drug-likeness (QED) is 0.442. The Labute approximate surface area is 215 Å². The largest absolute Gasteiger partial charge is 0.352 e. The molecule has 0 unspecified atom stereocenters. The highest BCUT2D eigenvalue weighted by molar-refractivity contribution is 8.14. The van der Waals surface area contributed by atoms with Crippen LogP contribution < -0.4 is 10.6 Å². The lowest BCUT2D eigenvalue weighted by atomic mass is 10.1. The summed E-state index contributed by atoms with van der Waals surface area (Å²) < 4.78 is 13.1. The number of H-pyrrole nitrogens is 1. The van der Waals surface area contributed by atoms with Crippen molar-refractivity contribution >= 4 is 52.0 Å². The lowest BCUT2D eigenvalue weighted by Gasteiger charge is -2.25. The molecule has 0 aliphatic carbocycles. The number of nitrogens with zero attached hydrogens (tertiary/aromatic N) is 4. The Bertz CT molecular complexity index is 1430. The SMILES string of the molecule is Cc1cc(NC(=O)CSC2=Nc3ccccc3C3=N[C@@H](CC(=O)NCc4ccc(F)cc4)C(=O)N23)n[nH]1. The Balaban J connectivity index is 1.27. The van der Waals surface area contributed by atoms with Gasteiger partial charge >= 0.3 is 0 Å². The van der Waals surface area contributed by atoms with E-state index < -0.39 is 11.9 Å². The number of anilines is 1. The van der Waals surface area contributed by atoms with E-state index in [0.29, 0.717) is 28.1 Å². The lowest BCUT2D eigenvalue weighted by Crippen LogP contribution is -2.42. The van der Waals surface area contributed by atoms with Gasteiger partial charge in [-0.25, -0.2) is 14.3 Å². The molecule has 12 heteroatoms. The molecular weight excluding hydrogens is 497 g/mol. The Morgan fingerprint density at radius 2 is 1.92 bits per heavy atom. The zero-order valence-electron chi connectivity index (χ0n) is 19.7. The fourth-order valence-electron chi connectivity index (χ4n) is 3.87. The number of aryl methyl sites for hydroxylation is 1. The average molecular weight is 520 g/mol. The van der Waals surface area contributed by atoms with Crippen LogP contribution in [0.3, 0.4) is 0 Å². The number of amidine groups is 2. The van der Waals surface area contributed by atoms with Gasteiger partial charge in [0.2, 0.25) is 11.8 Å². The van der Waals surface area contributed by atoms with E-state index in [0.717, 1.165) is 23.0 Å². The van der Waals surface area contributed by atoms with Gasteiger partial charge in [0.15, 0.2) is 11.0 Å². The number of thioether (sulfide) groups is 1. The van der Waals surface area contributed by atoms with Crippen LogP contribution in [0, 0.1) is 12.7 Å². The van der Waals surface area contributed by atoms with E-state index in [2.05, 4.69) is 30.8 Å². The van der Waals surface area contributed by atoms with Gasteiger partial charge in [-0.3, -0.25) is 24.5 Å². The molecular formula is C25H22FN7O3S. The Kier molecular flexibility index (Phi) is 6.82. The summed E-state index contributed by atoms with van der Waals surface area (Å²) in [5, 5.41) is 12.5. The minimum Gasteiger partial charge on any atom is -0.352 e. The van der Waals surface area contributed by atoms with Crippen molar-refractivity contribution in [2.24, 2.45) is 9.98 Å². The van der Waals surface area contributed by atoms with Gasteiger partial charge in [0, 0.05) is 23.9 Å². The summed E-state index contributed by atoms with van der Waals surface area (Å²) in [4.78, 5) is 48.9. The Hall–Kier alpha value is -4.32. The highest BCUT2D eigenvalue weighted by Gasteiger charge is 2.42. The number of carbonyl (C=O) groups excluding carboxylic acids is 3. The maximum absolute atomic E-state index is 13.3. The fraction of sp³-hybridized carbons (Fsp3) is 0.200. The molecule has 3 amide bonds. The number of aromatic nitrogens is 2. The standard InChI is InChI=1S/C25H22FN7O3S/c1-14-10-20(32-31-14)30-22(35)13-37-25-29-18-5-3-2-4-17(18)23-28-19(24(36)33(23)25)11-21(34)27-12-15-6-8-16(26)9-7-15/h2-10,19H,11-13H2,1H3,(H,27,34)(H2,30,31,32,35)/t19-/m0/s1. The van der Waals surface area contributed by atoms with Crippen molar-refractivity contribution in [3.63, 3.8) is 0 Å². The van der Waals surface area contributed by atoms with E-state index in [1.165, 1.54) is 17.0 Å². The van der Waals surface area contributed by atoms with Crippen LogP contribution in [0.25, 0.3) is 0 Å². The number of aliphatic imine (C=N–C) groups is 2. The van der Waals surface area contributed by atoms with Crippen molar-refractivity contribution in [1.29, 1.82) is 0 Å². The number of amides is 3. The monoisotopic (exact) mass is 519 g/mol. The molecule has 3 heterocycles. The van der Waals surface area contributed by atoms with Gasteiger partial charge < -0.3 is 10.6 Å². The molecule has 1 aromatic heterocycles. The zero-order valence-corrected chi connectivity index (χ0v) is 20.5. The molecule has 2 aliphatic heterocycles. The maximum Gasteiger partial charge on any atom is 0.259 e. The van der Waals surface area contributed by atoms with Gasteiger partial charge in [0.05, 0.1) is 17.9 Å². The molecule has 0 radical (unpaired) electrons. The van der Waals surface area contributed by atoms with Crippen molar-refractivity contribution in [3.05, 3.63) is 77.2 Å². The highest BCUT2D eigenvalue weighted by atomic mass is 32.2. The normalized spacial score (nSPS) is 16.0. The molecule has 0 fully saturated rings. The molecule has 3 aromatic rings. The molecule has 1 atom stereocenters. The van der Waals surface area contributed by atoms with Crippen LogP contribution in [0.1, 0.15) is 23.2 Å². The number of aromatic amines is 1. The molecule has 10 nitrogen and oxygen atoms in total. The van der Waals surface area contributed by atoms with Crippen molar-refractivity contribution in [1.82, 2.24) is 20.4 Å². The topological polar surface area (TPSA) is 132 Å². The summed E-state index contributed by atoms with van der Waals surface area (Å²) in [5.41, 5.74) is 2.84. The van der Waals surface area contributed by atoms with Crippen LogP contribution >= 0.6 is 11.8 Å². The van der Waals surface area contributed by atoms with Crippen LogP contribution in [0.15, 0.2) is 64.6 Å². The van der Waals surface area contributed by atoms with Gasteiger partial charge in [0.25, 0.3) is 5.91 Å². The van der Waals surface area contributed by atoms with Crippen LogP contribution in [-0.4, -0.2) is 55.6 Å². The van der Waals surface area contributed by atoms with Gasteiger partial charge in [-0.05, 0) is 36.8 Å². The van der Waals surface area contributed by atoms with Crippen molar-refractivity contribution in [3.8, 4) is 0 Å². The number of carbonyl (C=O) groups is 3. The molecule has 0 spiro atoms. The predicted octanol–water partition coefficient (Wildman–Crippen LogP) is 2.89. The second-order valence-corrected chi connectivity index (χ2v) is 9.38. The second-order valence-electron chi connectivity index (χ2n) is 8.43. The summed E-state index contributed by atoms with van der Waals surface area (Å²) >= 11 is 1.10. The number of benzene rings is 2. The first-order valence-corrected chi connectivity index (χ1v) is 12.4. The summed E-state index contributed by atoms with van der Waals surface area (Å²) in [6.45, 7) is 2.03. The van der Waals surface area contributed by atoms with E-state index >= 15 is 0 Å². The summed E-state index contributed by atoms with van der Waals surface area (Å²) in [6, 6.07) is 13.8. The number of rotatable bonds is 7. The first kappa shape index (κ1) is 24.4. The van der Waals surface area contributed by atoms with Crippen molar-refractivity contribution in [2.45, 2.75) is 25.9 Å². The molecule has 0 bridgehead atoms. The molecule has 0 saturated carbocycles. The minimum atomic E-state index is -0.930. The maximum atomic E-state index is 13.3. The van der Waals surface area contributed by atoms with E-state index in [-0.39, 0.29) is 36.4 Å². The molecule has 3 N–H and O–H groups in total. The predicted molar refractivity (Wildman–Crippen MR) is 138 cm³/mol. The third-order valence-electron chi connectivity index (χ3n) is 5.64. The summed E-state index contributed by atoms with van der Waals surface area (Å²) in [6.07, 6.45) is -0.154. The molecule has 2 aromatic carbocycles. The van der Waals surface area contributed by atoms with Crippen LogP contribution in [-0.2, 0) is 20.9 Å². The van der Waals surface area contributed by atoms with E-state index in [1.807, 2.05) is 25.1 Å². The molecule has 188 valence electrons. The van der Waals surface area contributed by atoms with E-state index in [9.17, 15) is 18.8 Å². The lowest BCUT2D eigenvalue weighted by molar-refractivity contribution is -0.128. The third kappa shape index (κ3) is 5.43. The summed E-state index contributed by atoms with van der Waals surface area (Å²) in [5.74, 6) is -0.616. The first-order chi connectivity index (χ1) is 17.9. The second kappa shape index (κ2) is 10.3. The smallest absolute Gasteiger partial charge is 0.259 e. The van der Waals surface area contributed by atoms with Gasteiger partial charge in [0.1, 0.15) is 17.7 Å². The van der Waals surface area contributed by atoms with Crippen LogP contribution in [0.2, 0.25) is 0 Å². The molecule has 37 heavy (non-hydrogen) atoms. The number of hydrogen-bond acceptors (Lipinski definition) is 7. The average Bonchev–Trinajstić information content (AvgIpc) is 3.44. The number of fused-ring (bicyclic) bond motifs is 3. The number of halogens is 1. The van der Waals surface area contributed by atoms with E-state index in [4.69, 9.17) is 0 Å². The van der Waals surface area contributed by atoms with Crippen molar-refractivity contribution in [2.75, 3.05) is 11.1 Å². The van der Waals surface area contributed by atoms with Crippen LogP contribution in [0.4, 0.5) is 15.9 Å². The number of nitrogens with one attached hydrogen (secondary N) is 3. The number of hydrogen-bond donors (Lipinski definition) is 3. The molecule has 0 saturated heterocycles. The molecule has 2 aliphatic rings. The third-order valence-corrected chi connectivity index (χ3v) is 6.57. The molecule has 5 rings (SSSR count). The van der Waals surface area contributed by atoms with E-state index in [1.54, 1.807) is 24.3 Å². The zero-order chi connectivity index (χ0) is 25.9. The highest BCUT2D eigenvalue weighted by Crippen LogP contribution is 2.34. The number of para-hydroxylation sites is 1. The van der Waals surface area contributed by atoms with Gasteiger partial charge in [-0.15, -0.1) is 0 Å². The van der Waals surface area contributed by atoms with Crippen LogP contribution in [0.5, 0.6) is 0 Å². The van der Waals surface area contributed by atoms with Gasteiger partial charge in [-0.2, -0.15) is 5.10 Å². The Morgan fingerprint density at radius 1 is 1.14 bits per heavy atom. The first-order valence-electron chi connectivity index (χ1n) is 11.4. The minimum absolute atomic E-state index is 0.00715.